The molecule has 0 bridgehead atoms. The molecule has 6 heteroatoms. The Balaban J connectivity index is 2.41. The lowest BCUT2D eigenvalue weighted by molar-refractivity contribution is 0.449. The summed E-state index contributed by atoms with van der Waals surface area (Å²) < 4.78 is 39.1. The Morgan fingerprint density at radius 2 is 1.83 bits per heavy atom. The van der Waals surface area contributed by atoms with Crippen molar-refractivity contribution >= 4 is 11.4 Å². The Morgan fingerprint density at radius 3 is 2.56 bits per heavy atom. The minimum atomic E-state index is -1.57. The van der Waals surface area contributed by atoms with Crippen LogP contribution in [-0.4, -0.2) is 4.98 Å². The SMILES string of the molecule is N#Cc1ccncc1Nc1ccc(F)c(F)c1F. The van der Waals surface area contributed by atoms with Crippen molar-refractivity contribution in [3.05, 3.63) is 53.6 Å². The number of anilines is 2. The number of benzene rings is 1. The molecule has 18 heavy (non-hydrogen) atoms. The highest BCUT2D eigenvalue weighted by Crippen LogP contribution is 2.24. The predicted molar refractivity (Wildman–Crippen MR) is 58.6 cm³/mol. The van der Waals surface area contributed by atoms with Gasteiger partial charge in [0, 0.05) is 6.20 Å². The van der Waals surface area contributed by atoms with Crippen LogP contribution in [0.5, 0.6) is 0 Å². The van der Waals surface area contributed by atoms with Gasteiger partial charge in [0.2, 0.25) is 0 Å². The van der Waals surface area contributed by atoms with Gasteiger partial charge in [-0.15, -0.1) is 0 Å². The molecule has 90 valence electrons. The predicted octanol–water partition coefficient (Wildman–Crippen LogP) is 3.11. The van der Waals surface area contributed by atoms with Crippen LogP contribution < -0.4 is 5.32 Å². The molecule has 0 radical (unpaired) electrons. The van der Waals surface area contributed by atoms with Gasteiger partial charge in [0.15, 0.2) is 17.5 Å². The van der Waals surface area contributed by atoms with E-state index >= 15 is 0 Å². The zero-order chi connectivity index (χ0) is 13.1. The van der Waals surface area contributed by atoms with Crippen LogP contribution in [0, 0.1) is 28.8 Å². The van der Waals surface area contributed by atoms with Gasteiger partial charge in [0.05, 0.1) is 23.1 Å². The number of nitriles is 1. The smallest absolute Gasteiger partial charge is 0.196 e. The van der Waals surface area contributed by atoms with Crippen LogP contribution in [0.25, 0.3) is 0 Å². The van der Waals surface area contributed by atoms with Crippen molar-refractivity contribution in [1.82, 2.24) is 4.98 Å². The monoisotopic (exact) mass is 249 g/mol. The van der Waals surface area contributed by atoms with Crippen LogP contribution in [0.2, 0.25) is 0 Å². The quantitative estimate of drug-likeness (QED) is 0.832. The van der Waals surface area contributed by atoms with E-state index in [1.54, 1.807) is 0 Å². The molecule has 0 fully saturated rings. The highest BCUT2D eigenvalue weighted by Gasteiger charge is 2.14. The first-order valence-corrected chi connectivity index (χ1v) is 4.88. The topological polar surface area (TPSA) is 48.7 Å². The number of nitrogens with zero attached hydrogens (tertiary/aromatic N) is 2. The lowest BCUT2D eigenvalue weighted by atomic mass is 10.2. The molecule has 1 heterocycles. The minimum absolute atomic E-state index is 0.213. The summed E-state index contributed by atoms with van der Waals surface area (Å²) in [6.07, 6.45) is 2.69. The number of aromatic nitrogens is 1. The van der Waals surface area contributed by atoms with Crippen LogP contribution in [0.1, 0.15) is 5.56 Å². The molecule has 0 atom stereocenters. The molecule has 1 aromatic carbocycles. The summed E-state index contributed by atoms with van der Waals surface area (Å²) in [4.78, 5) is 3.76. The number of rotatable bonds is 2. The first-order valence-electron chi connectivity index (χ1n) is 4.88. The summed E-state index contributed by atoms with van der Waals surface area (Å²) in [5.41, 5.74) is 0.164. The van der Waals surface area contributed by atoms with E-state index < -0.39 is 17.5 Å². The minimum Gasteiger partial charge on any atom is -0.351 e. The number of hydrogen-bond acceptors (Lipinski definition) is 3. The van der Waals surface area contributed by atoms with Gasteiger partial charge < -0.3 is 5.32 Å². The Morgan fingerprint density at radius 1 is 1.06 bits per heavy atom. The Hall–Kier alpha value is -2.55. The molecule has 0 aliphatic heterocycles. The van der Waals surface area contributed by atoms with Crippen LogP contribution in [0.3, 0.4) is 0 Å². The molecule has 0 aliphatic rings. The second-order valence-electron chi connectivity index (χ2n) is 3.38. The third-order valence-corrected chi connectivity index (χ3v) is 2.25. The van der Waals surface area contributed by atoms with Gasteiger partial charge in [-0.3, -0.25) is 4.98 Å². The normalized spacial score (nSPS) is 9.89. The summed E-state index contributed by atoms with van der Waals surface area (Å²) in [7, 11) is 0. The number of pyridine rings is 1. The molecule has 1 aromatic heterocycles. The highest BCUT2D eigenvalue weighted by molar-refractivity contribution is 5.65. The summed E-state index contributed by atoms with van der Waals surface area (Å²) in [5, 5.41) is 11.3. The van der Waals surface area contributed by atoms with Crippen LogP contribution >= 0.6 is 0 Å². The van der Waals surface area contributed by atoms with E-state index in [9.17, 15) is 13.2 Å². The number of halogens is 3. The molecule has 0 amide bonds. The van der Waals surface area contributed by atoms with Crippen molar-refractivity contribution in [2.45, 2.75) is 0 Å². The van der Waals surface area contributed by atoms with E-state index in [1.807, 2.05) is 6.07 Å². The van der Waals surface area contributed by atoms with Gasteiger partial charge in [-0.1, -0.05) is 0 Å². The van der Waals surface area contributed by atoms with Crippen LogP contribution in [-0.2, 0) is 0 Å². The van der Waals surface area contributed by atoms with Gasteiger partial charge in [-0.05, 0) is 18.2 Å². The first-order chi connectivity index (χ1) is 8.63. The van der Waals surface area contributed by atoms with Crippen molar-refractivity contribution in [2.75, 3.05) is 5.32 Å². The Kier molecular flexibility index (Phi) is 3.15. The number of hydrogen-bond donors (Lipinski definition) is 1. The zero-order valence-corrected chi connectivity index (χ0v) is 8.92. The first kappa shape index (κ1) is 11.9. The molecule has 0 aliphatic carbocycles. The van der Waals surface area contributed by atoms with E-state index in [0.717, 1.165) is 12.1 Å². The number of nitrogens with one attached hydrogen (secondary N) is 1. The van der Waals surface area contributed by atoms with E-state index in [1.165, 1.54) is 18.5 Å². The zero-order valence-electron chi connectivity index (χ0n) is 8.92. The van der Waals surface area contributed by atoms with E-state index in [4.69, 9.17) is 5.26 Å². The second kappa shape index (κ2) is 4.75. The van der Waals surface area contributed by atoms with Crippen molar-refractivity contribution in [3.8, 4) is 6.07 Å². The fourth-order valence-electron chi connectivity index (χ4n) is 1.36. The molecule has 2 aromatic rings. The molecule has 0 unspecified atom stereocenters. The lowest BCUT2D eigenvalue weighted by Crippen LogP contribution is -2.00. The molecule has 1 N–H and O–H groups in total. The molecular weight excluding hydrogens is 243 g/mol. The molecule has 0 spiro atoms. The van der Waals surface area contributed by atoms with E-state index in [-0.39, 0.29) is 16.9 Å². The van der Waals surface area contributed by atoms with Crippen LogP contribution in [0.15, 0.2) is 30.6 Å². The maximum Gasteiger partial charge on any atom is 0.196 e. The summed E-state index contributed by atoms with van der Waals surface area (Å²) in [6, 6.07) is 5.12. The highest BCUT2D eigenvalue weighted by atomic mass is 19.2. The molecule has 2 rings (SSSR count). The largest absolute Gasteiger partial charge is 0.351 e. The summed E-state index contributed by atoms with van der Waals surface area (Å²) in [6.45, 7) is 0. The Bertz CT molecular complexity index is 635. The fourth-order valence-corrected chi connectivity index (χ4v) is 1.36. The van der Waals surface area contributed by atoms with Crippen molar-refractivity contribution < 1.29 is 13.2 Å². The maximum atomic E-state index is 13.4. The Labute approximate surface area is 101 Å². The van der Waals surface area contributed by atoms with Gasteiger partial charge >= 0.3 is 0 Å². The second-order valence-corrected chi connectivity index (χ2v) is 3.38. The molecule has 0 saturated carbocycles. The average molecular weight is 249 g/mol. The molecule has 3 nitrogen and oxygen atoms in total. The van der Waals surface area contributed by atoms with Gasteiger partial charge in [0.25, 0.3) is 0 Å². The third-order valence-electron chi connectivity index (χ3n) is 2.25. The third kappa shape index (κ3) is 2.11. The lowest BCUT2D eigenvalue weighted by Gasteiger charge is -2.09. The summed E-state index contributed by atoms with van der Waals surface area (Å²) in [5.74, 6) is -4.19. The van der Waals surface area contributed by atoms with Crippen molar-refractivity contribution in [1.29, 1.82) is 5.26 Å². The van der Waals surface area contributed by atoms with Crippen LogP contribution in [0.4, 0.5) is 24.5 Å². The van der Waals surface area contributed by atoms with Crippen molar-refractivity contribution in [3.63, 3.8) is 0 Å². The van der Waals surface area contributed by atoms with Crippen molar-refractivity contribution in [2.24, 2.45) is 0 Å². The molecule has 0 saturated heterocycles. The van der Waals surface area contributed by atoms with Gasteiger partial charge in [0.1, 0.15) is 6.07 Å². The van der Waals surface area contributed by atoms with Gasteiger partial charge in [-0.2, -0.15) is 5.26 Å². The fraction of sp³-hybridized carbons (Fsp3) is 0. The van der Waals surface area contributed by atoms with E-state index in [0.29, 0.717) is 0 Å². The standard InChI is InChI=1S/C12H6F3N3/c13-8-1-2-9(12(15)11(8)14)18-10-6-17-4-3-7(10)5-16/h1-4,6,18H. The van der Waals surface area contributed by atoms with E-state index in [2.05, 4.69) is 10.3 Å². The van der Waals surface area contributed by atoms with Gasteiger partial charge in [-0.25, -0.2) is 13.2 Å². The maximum absolute atomic E-state index is 13.4. The molecular formula is C12H6F3N3. The summed E-state index contributed by atoms with van der Waals surface area (Å²) >= 11 is 0. The average Bonchev–Trinajstić information content (AvgIpc) is 2.40.